The number of ether oxygens (including phenoxy) is 2. The summed E-state index contributed by atoms with van der Waals surface area (Å²) in [6.07, 6.45) is 1.42. The van der Waals surface area contributed by atoms with Crippen LogP contribution in [-0.2, 0) is 16.6 Å². The van der Waals surface area contributed by atoms with Crippen LogP contribution in [-0.4, -0.2) is 27.2 Å². The Morgan fingerprint density at radius 1 is 1.10 bits per heavy atom. The van der Waals surface area contributed by atoms with Crippen LogP contribution in [0.5, 0.6) is 11.5 Å². The van der Waals surface area contributed by atoms with E-state index in [-0.39, 0.29) is 29.6 Å². The molecule has 9 heteroatoms. The maximum atomic E-state index is 12.7. The Kier molecular flexibility index (Phi) is 6.63. The predicted octanol–water partition coefficient (Wildman–Crippen LogP) is 3.88. The van der Waals surface area contributed by atoms with Gasteiger partial charge in [-0.25, -0.2) is 8.42 Å². The highest BCUT2D eigenvalue weighted by atomic mass is 32.2. The van der Waals surface area contributed by atoms with Crippen LogP contribution in [0.3, 0.4) is 0 Å². The molecule has 0 radical (unpaired) electrons. The van der Waals surface area contributed by atoms with Gasteiger partial charge in [-0.15, -0.1) is 0 Å². The maximum absolute atomic E-state index is 12.7. The first-order valence-corrected chi connectivity index (χ1v) is 10.8. The number of anilines is 2. The largest absolute Gasteiger partial charge is 0.494 e. The number of para-hydroxylation sites is 1. The summed E-state index contributed by atoms with van der Waals surface area (Å²) in [6.45, 7) is 1.70. The summed E-state index contributed by atoms with van der Waals surface area (Å²) in [5, 5.41) is 2.72. The summed E-state index contributed by atoms with van der Waals surface area (Å²) < 4.78 is 42.3. The van der Waals surface area contributed by atoms with E-state index in [0.717, 1.165) is 0 Å². The molecule has 0 saturated carbocycles. The SMILES string of the molecule is CCS(=O)(=O)Nc1ccc(NC(=O)c2occc2COc2ccccc2)cc1OC. The predicted molar refractivity (Wildman–Crippen MR) is 114 cm³/mol. The van der Waals surface area contributed by atoms with Gasteiger partial charge in [-0.2, -0.15) is 0 Å². The summed E-state index contributed by atoms with van der Waals surface area (Å²) >= 11 is 0. The van der Waals surface area contributed by atoms with Crippen LogP contribution in [0, 0.1) is 0 Å². The standard InChI is InChI=1S/C21H22N2O6S/c1-3-30(25,26)23-18-10-9-16(13-19(18)27-2)22-21(24)20-15(11-12-28-20)14-29-17-7-5-4-6-8-17/h4-13,23H,3,14H2,1-2H3,(H,22,24). The van der Waals surface area contributed by atoms with Gasteiger partial charge in [0.2, 0.25) is 10.0 Å². The number of sulfonamides is 1. The first kappa shape index (κ1) is 21.3. The number of carbonyl (C=O) groups excluding carboxylic acids is 1. The molecule has 1 amide bonds. The van der Waals surface area contributed by atoms with Crippen LogP contribution < -0.4 is 19.5 Å². The number of amides is 1. The Morgan fingerprint density at radius 2 is 1.87 bits per heavy atom. The van der Waals surface area contributed by atoms with Crippen LogP contribution in [0.25, 0.3) is 0 Å². The van der Waals surface area contributed by atoms with Crippen molar-refractivity contribution in [3.63, 3.8) is 0 Å². The molecule has 0 bridgehead atoms. The second-order valence-electron chi connectivity index (χ2n) is 6.25. The summed E-state index contributed by atoms with van der Waals surface area (Å²) in [4.78, 5) is 12.7. The van der Waals surface area contributed by atoms with E-state index < -0.39 is 15.9 Å². The van der Waals surface area contributed by atoms with Crippen molar-refractivity contribution in [3.8, 4) is 11.5 Å². The third kappa shape index (κ3) is 5.32. The average Bonchev–Trinajstić information content (AvgIpc) is 3.23. The van der Waals surface area contributed by atoms with Crippen LogP contribution in [0.4, 0.5) is 11.4 Å². The van der Waals surface area contributed by atoms with Gasteiger partial charge in [0.05, 0.1) is 24.8 Å². The van der Waals surface area contributed by atoms with E-state index in [1.54, 1.807) is 12.1 Å². The molecule has 8 nitrogen and oxygen atoms in total. The highest BCUT2D eigenvalue weighted by Crippen LogP contribution is 2.29. The number of methoxy groups -OCH3 is 1. The fraction of sp³-hybridized carbons (Fsp3) is 0.190. The summed E-state index contributed by atoms with van der Waals surface area (Å²) in [7, 11) is -2.04. The lowest BCUT2D eigenvalue weighted by Crippen LogP contribution is -2.16. The van der Waals surface area contributed by atoms with Gasteiger partial charge in [-0.05, 0) is 37.3 Å². The van der Waals surface area contributed by atoms with Gasteiger partial charge in [-0.3, -0.25) is 9.52 Å². The third-order valence-electron chi connectivity index (χ3n) is 4.20. The number of rotatable bonds is 9. The molecule has 1 heterocycles. The Hall–Kier alpha value is -3.46. The van der Waals surface area contributed by atoms with Gasteiger partial charge in [0.25, 0.3) is 5.91 Å². The van der Waals surface area contributed by atoms with Crippen molar-refractivity contribution >= 4 is 27.3 Å². The second kappa shape index (κ2) is 9.36. The Bertz CT molecular complexity index is 1110. The Morgan fingerprint density at radius 3 is 2.57 bits per heavy atom. The molecule has 3 aromatic rings. The van der Waals surface area contributed by atoms with E-state index in [4.69, 9.17) is 13.9 Å². The topological polar surface area (TPSA) is 107 Å². The zero-order valence-electron chi connectivity index (χ0n) is 16.5. The molecule has 2 N–H and O–H groups in total. The van der Waals surface area contributed by atoms with E-state index >= 15 is 0 Å². The third-order valence-corrected chi connectivity index (χ3v) is 5.49. The molecule has 0 aliphatic heterocycles. The Labute approximate surface area is 174 Å². The second-order valence-corrected chi connectivity index (χ2v) is 8.26. The number of hydrogen-bond acceptors (Lipinski definition) is 6. The minimum Gasteiger partial charge on any atom is -0.494 e. The molecule has 3 rings (SSSR count). The molecule has 0 unspecified atom stereocenters. The van der Waals surface area contributed by atoms with Crippen LogP contribution in [0.2, 0.25) is 0 Å². The minimum absolute atomic E-state index is 0.0685. The molecular formula is C21H22N2O6S. The average molecular weight is 430 g/mol. The molecule has 1 aromatic heterocycles. The van der Waals surface area contributed by atoms with Crippen molar-refractivity contribution in [1.82, 2.24) is 0 Å². The smallest absolute Gasteiger partial charge is 0.291 e. The Balaban J connectivity index is 1.71. The van der Waals surface area contributed by atoms with Crippen molar-refractivity contribution < 1.29 is 27.1 Å². The zero-order valence-corrected chi connectivity index (χ0v) is 17.4. The number of benzene rings is 2. The van der Waals surface area contributed by atoms with E-state index in [1.807, 2.05) is 30.3 Å². The van der Waals surface area contributed by atoms with E-state index in [2.05, 4.69) is 10.0 Å². The summed E-state index contributed by atoms with van der Waals surface area (Å²) in [5.74, 6) is 0.550. The van der Waals surface area contributed by atoms with Crippen molar-refractivity contribution in [1.29, 1.82) is 0 Å². The monoisotopic (exact) mass is 430 g/mol. The number of carbonyl (C=O) groups is 1. The van der Waals surface area contributed by atoms with Gasteiger partial charge < -0.3 is 19.2 Å². The molecular weight excluding hydrogens is 408 g/mol. The molecule has 0 atom stereocenters. The van der Waals surface area contributed by atoms with Gasteiger partial charge in [0.15, 0.2) is 5.76 Å². The van der Waals surface area contributed by atoms with Crippen molar-refractivity contribution in [3.05, 3.63) is 72.2 Å². The quantitative estimate of drug-likeness (QED) is 0.534. The molecule has 0 spiro atoms. The van der Waals surface area contributed by atoms with E-state index in [9.17, 15) is 13.2 Å². The summed E-state index contributed by atoms with van der Waals surface area (Å²) in [5.41, 5.74) is 1.30. The molecule has 0 aliphatic rings. The van der Waals surface area contributed by atoms with Gasteiger partial charge in [0.1, 0.15) is 18.1 Å². The normalized spacial score (nSPS) is 11.0. The zero-order chi connectivity index (χ0) is 21.6. The molecule has 0 saturated heterocycles. The first-order chi connectivity index (χ1) is 14.4. The molecule has 0 aliphatic carbocycles. The highest BCUT2D eigenvalue weighted by Gasteiger charge is 2.18. The lowest BCUT2D eigenvalue weighted by atomic mass is 10.2. The molecule has 30 heavy (non-hydrogen) atoms. The number of hydrogen-bond donors (Lipinski definition) is 2. The van der Waals surface area contributed by atoms with E-state index in [0.29, 0.717) is 17.0 Å². The summed E-state index contributed by atoms with van der Waals surface area (Å²) in [6, 6.07) is 15.5. The van der Waals surface area contributed by atoms with Crippen LogP contribution in [0.1, 0.15) is 23.0 Å². The van der Waals surface area contributed by atoms with Gasteiger partial charge in [-0.1, -0.05) is 18.2 Å². The highest BCUT2D eigenvalue weighted by molar-refractivity contribution is 7.92. The molecule has 2 aromatic carbocycles. The van der Waals surface area contributed by atoms with E-state index in [1.165, 1.54) is 32.4 Å². The number of nitrogens with one attached hydrogen (secondary N) is 2. The van der Waals surface area contributed by atoms with Crippen molar-refractivity contribution in [2.75, 3.05) is 22.9 Å². The van der Waals surface area contributed by atoms with Gasteiger partial charge in [0, 0.05) is 17.3 Å². The van der Waals surface area contributed by atoms with Gasteiger partial charge >= 0.3 is 0 Å². The maximum Gasteiger partial charge on any atom is 0.291 e. The molecule has 0 fully saturated rings. The molecule has 158 valence electrons. The number of furan rings is 1. The fourth-order valence-corrected chi connectivity index (χ4v) is 3.26. The first-order valence-electron chi connectivity index (χ1n) is 9.16. The minimum atomic E-state index is -3.46. The van der Waals surface area contributed by atoms with Crippen LogP contribution in [0.15, 0.2) is 65.3 Å². The lowest BCUT2D eigenvalue weighted by Gasteiger charge is -2.13. The van der Waals surface area contributed by atoms with Crippen molar-refractivity contribution in [2.45, 2.75) is 13.5 Å². The lowest BCUT2D eigenvalue weighted by molar-refractivity contribution is 0.0993. The fourth-order valence-electron chi connectivity index (χ4n) is 2.61. The van der Waals surface area contributed by atoms with Crippen LogP contribution >= 0.6 is 0 Å². The van der Waals surface area contributed by atoms with Crippen molar-refractivity contribution in [2.24, 2.45) is 0 Å².